The van der Waals surface area contributed by atoms with Gasteiger partial charge >= 0.3 is 0 Å². The maximum absolute atomic E-state index is 9.82. The van der Waals surface area contributed by atoms with Gasteiger partial charge in [0.1, 0.15) is 5.75 Å². The largest absolute Gasteiger partial charge is 0.508 e. The van der Waals surface area contributed by atoms with Crippen molar-refractivity contribution in [2.45, 2.75) is 46.5 Å². The molecule has 1 aromatic rings. The van der Waals surface area contributed by atoms with Gasteiger partial charge in [0, 0.05) is 0 Å². The van der Waals surface area contributed by atoms with Crippen LogP contribution in [0, 0.1) is 18.3 Å². The fourth-order valence-corrected chi connectivity index (χ4v) is 3.29. The van der Waals surface area contributed by atoms with E-state index in [-0.39, 0.29) is 0 Å². The maximum Gasteiger partial charge on any atom is 0.118 e. The van der Waals surface area contributed by atoms with Gasteiger partial charge in [0.25, 0.3) is 0 Å². The van der Waals surface area contributed by atoms with Gasteiger partial charge in [-0.3, -0.25) is 0 Å². The van der Waals surface area contributed by atoms with Gasteiger partial charge in [-0.05, 0) is 54.2 Å². The smallest absolute Gasteiger partial charge is 0.118 e. The van der Waals surface area contributed by atoms with Crippen molar-refractivity contribution >= 4 is 0 Å². The molecule has 2 unspecified atom stereocenters. The van der Waals surface area contributed by atoms with Crippen molar-refractivity contribution in [1.82, 2.24) is 0 Å². The molecule has 0 amide bonds. The summed E-state index contributed by atoms with van der Waals surface area (Å²) in [6.45, 7) is 8.97. The van der Waals surface area contributed by atoms with E-state index in [1.54, 1.807) is 0 Å². The highest BCUT2D eigenvalue weighted by atomic mass is 16.3. The normalized spacial score (nSPS) is 28.2. The second-order valence-electron chi connectivity index (χ2n) is 6.03. The third kappa shape index (κ3) is 1.83. The molecule has 0 spiro atoms. The second-order valence-corrected chi connectivity index (χ2v) is 6.03. The van der Waals surface area contributed by atoms with E-state index in [1.165, 1.54) is 18.4 Å². The number of benzene rings is 1. The van der Waals surface area contributed by atoms with Crippen molar-refractivity contribution in [2.75, 3.05) is 0 Å². The molecule has 1 fully saturated rings. The molecule has 0 saturated heterocycles. The van der Waals surface area contributed by atoms with Gasteiger partial charge in [-0.2, -0.15) is 0 Å². The Labute approximate surface area is 98.5 Å². The molecule has 0 radical (unpaired) electrons. The average molecular weight is 218 g/mol. The lowest BCUT2D eigenvalue weighted by Crippen LogP contribution is -2.18. The number of hydrogen-bond donors (Lipinski definition) is 1. The predicted molar refractivity (Wildman–Crippen MR) is 67.8 cm³/mol. The van der Waals surface area contributed by atoms with Crippen LogP contribution in [0.1, 0.15) is 50.7 Å². The molecule has 0 bridgehead atoms. The quantitative estimate of drug-likeness (QED) is 0.747. The van der Waals surface area contributed by atoms with Gasteiger partial charge < -0.3 is 5.11 Å². The standard InChI is InChI=1S/C15H22O/c1-10-5-6-12(9-13(10)16)14-11(2)7-8-15(14,3)4/h5-6,9,11,14,16H,7-8H2,1-4H3. The summed E-state index contributed by atoms with van der Waals surface area (Å²) in [7, 11) is 0. The summed E-state index contributed by atoms with van der Waals surface area (Å²) < 4.78 is 0. The van der Waals surface area contributed by atoms with Gasteiger partial charge in [-0.25, -0.2) is 0 Å². The molecule has 2 rings (SSSR count). The van der Waals surface area contributed by atoms with Crippen molar-refractivity contribution in [1.29, 1.82) is 0 Å². The molecular weight excluding hydrogens is 196 g/mol. The van der Waals surface area contributed by atoms with Crippen LogP contribution < -0.4 is 0 Å². The molecule has 0 aromatic heterocycles. The van der Waals surface area contributed by atoms with Gasteiger partial charge in [0.15, 0.2) is 0 Å². The Morgan fingerprint density at radius 3 is 2.50 bits per heavy atom. The summed E-state index contributed by atoms with van der Waals surface area (Å²) in [5.74, 6) is 1.74. The minimum atomic E-state index is 0.362. The first kappa shape index (κ1) is 11.5. The van der Waals surface area contributed by atoms with Crippen LogP contribution in [0.2, 0.25) is 0 Å². The van der Waals surface area contributed by atoms with Crippen LogP contribution in [0.25, 0.3) is 0 Å². The van der Waals surface area contributed by atoms with Crippen molar-refractivity contribution in [3.8, 4) is 5.75 Å². The Morgan fingerprint density at radius 1 is 1.31 bits per heavy atom. The third-order valence-electron chi connectivity index (χ3n) is 4.25. The Bertz CT molecular complexity index is 392. The first-order valence-electron chi connectivity index (χ1n) is 6.21. The highest BCUT2D eigenvalue weighted by molar-refractivity contribution is 5.38. The van der Waals surface area contributed by atoms with Crippen LogP contribution in [0.15, 0.2) is 18.2 Å². The van der Waals surface area contributed by atoms with E-state index in [2.05, 4.69) is 26.8 Å². The Hall–Kier alpha value is -0.980. The van der Waals surface area contributed by atoms with Crippen LogP contribution in [0.5, 0.6) is 5.75 Å². The zero-order valence-corrected chi connectivity index (χ0v) is 10.7. The van der Waals surface area contributed by atoms with Crippen LogP contribution in [0.4, 0.5) is 0 Å². The van der Waals surface area contributed by atoms with E-state index >= 15 is 0 Å². The minimum Gasteiger partial charge on any atom is -0.508 e. The molecule has 1 aromatic carbocycles. The van der Waals surface area contributed by atoms with E-state index in [9.17, 15) is 5.11 Å². The van der Waals surface area contributed by atoms with Crippen LogP contribution in [-0.2, 0) is 0 Å². The molecular formula is C15H22O. The van der Waals surface area contributed by atoms with Crippen LogP contribution in [-0.4, -0.2) is 5.11 Å². The monoisotopic (exact) mass is 218 g/mol. The molecule has 1 aliphatic rings. The molecule has 1 saturated carbocycles. The van der Waals surface area contributed by atoms with E-state index < -0.39 is 0 Å². The SMILES string of the molecule is Cc1ccc(C2C(C)CCC2(C)C)cc1O. The van der Waals surface area contributed by atoms with Gasteiger partial charge in [0.05, 0.1) is 0 Å². The lowest BCUT2D eigenvalue weighted by Gasteiger charge is -2.30. The molecule has 1 N–H and O–H groups in total. The molecule has 2 atom stereocenters. The summed E-state index contributed by atoms with van der Waals surface area (Å²) >= 11 is 0. The highest BCUT2D eigenvalue weighted by Crippen LogP contribution is 2.52. The predicted octanol–water partition coefficient (Wildman–Crippen LogP) is 4.24. The Morgan fingerprint density at radius 2 is 2.00 bits per heavy atom. The molecule has 16 heavy (non-hydrogen) atoms. The number of aromatic hydroxyl groups is 1. The van der Waals surface area contributed by atoms with Crippen molar-refractivity contribution < 1.29 is 5.11 Å². The second kappa shape index (κ2) is 3.80. The fraction of sp³-hybridized carbons (Fsp3) is 0.600. The Balaban J connectivity index is 2.39. The summed E-state index contributed by atoms with van der Waals surface area (Å²) in [5.41, 5.74) is 2.63. The van der Waals surface area contributed by atoms with Crippen molar-refractivity contribution in [2.24, 2.45) is 11.3 Å². The fourth-order valence-electron chi connectivity index (χ4n) is 3.29. The highest BCUT2D eigenvalue weighted by Gasteiger charge is 2.40. The topological polar surface area (TPSA) is 20.2 Å². The summed E-state index contributed by atoms with van der Waals surface area (Å²) in [5, 5.41) is 9.82. The summed E-state index contributed by atoms with van der Waals surface area (Å²) in [6, 6.07) is 6.18. The lowest BCUT2D eigenvalue weighted by atomic mass is 9.75. The lowest BCUT2D eigenvalue weighted by molar-refractivity contribution is 0.306. The number of hydrogen-bond acceptors (Lipinski definition) is 1. The first-order chi connectivity index (χ1) is 7.42. The summed E-state index contributed by atoms with van der Waals surface area (Å²) in [4.78, 5) is 0. The Kier molecular flexibility index (Phi) is 2.73. The molecule has 1 aliphatic carbocycles. The maximum atomic E-state index is 9.82. The number of aryl methyl sites for hydroxylation is 1. The molecule has 0 heterocycles. The van der Waals surface area contributed by atoms with Gasteiger partial charge in [-0.15, -0.1) is 0 Å². The number of phenolic OH excluding ortho intramolecular Hbond substituents is 1. The minimum absolute atomic E-state index is 0.362. The van der Waals surface area contributed by atoms with Crippen LogP contribution in [0.3, 0.4) is 0 Å². The zero-order chi connectivity index (χ0) is 11.9. The molecule has 1 nitrogen and oxygen atoms in total. The number of rotatable bonds is 1. The molecule has 0 aliphatic heterocycles. The average Bonchev–Trinajstić information content (AvgIpc) is 2.46. The zero-order valence-electron chi connectivity index (χ0n) is 10.7. The third-order valence-corrected chi connectivity index (χ3v) is 4.25. The van der Waals surface area contributed by atoms with Crippen molar-refractivity contribution in [3.05, 3.63) is 29.3 Å². The van der Waals surface area contributed by atoms with Gasteiger partial charge in [-0.1, -0.05) is 32.9 Å². The van der Waals surface area contributed by atoms with Crippen LogP contribution >= 0.6 is 0 Å². The molecule has 1 heteroatoms. The van der Waals surface area contributed by atoms with E-state index in [0.717, 1.165) is 11.5 Å². The van der Waals surface area contributed by atoms with Crippen molar-refractivity contribution in [3.63, 3.8) is 0 Å². The van der Waals surface area contributed by atoms with E-state index in [1.807, 2.05) is 19.1 Å². The van der Waals surface area contributed by atoms with E-state index in [0.29, 0.717) is 17.1 Å². The molecule has 88 valence electrons. The van der Waals surface area contributed by atoms with Gasteiger partial charge in [0.2, 0.25) is 0 Å². The van der Waals surface area contributed by atoms with E-state index in [4.69, 9.17) is 0 Å². The first-order valence-corrected chi connectivity index (χ1v) is 6.21. The number of phenols is 1. The summed E-state index contributed by atoms with van der Waals surface area (Å²) in [6.07, 6.45) is 2.58.